The summed E-state index contributed by atoms with van der Waals surface area (Å²) in [6.07, 6.45) is 7.23. The molecule has 1 saturated heterocycles. The predicted molar refractivity (Wildman–Crippen MR) is 131 cm³/mol. The van der Waals surface area contributed by atoms with E-state index >= 15 is 0 Å². The van der Waals surface area contributed by atoms with Crippen molar-refractivity contribution in [2.24, 2.45) is 11.8 Å². The van der Waals surface area contributed by atoms with Crippen molar-refractivity contribution in [3.63, 3.8) is 0 Å². The Morgan fingerprint density at radius 2 is 2.00 bits per heavy atom. The Hall–Kier alpha value is -2.00. The first-order valence-corrected chi connectivity index (χ1v) is 12.4. The molecule has 8 nitrogen and oxygen atoms in total. The van der Waals surface area contributed by atoms with Crippen LogP contribution in [0.4, 0.5) is 0 Å². The molecule has 3 N–H and O–H groups in total. The van der Waals surface area contributed by atoms with Crippen LogP contribution in [0.3, 0.4) is 0 Å². The summed E-state index contributed by atoms with van der Waals surface area (Å²) in [6.45, 7) is 10.4. The van der Waals surface area contributed by atoms with Crippen LogP contribution in [0.2, 0.25) is 0 Å². The number of hydrogen-bond donors (Lipinski definition) is 3. The number of hydrogen-bond acceptors (Lipinski definition) is 8. The van der Waals surface area contributed by atoms with E-state index in [-0.39, 0.29) is 43.3 Å². The van der Waals surface area contributed by atoms with Gasteiger partial charge in [0.1, 0.15) is 23.9 Å². The van der Waals surface area contributed by atoms with E-state index in [0.29, 0.717) is 0 Å². The summed E-state index contributed by atoms with van der Waals surface area (Å²) in [6, 6.07) is 0. The maximum Gasteiger partial charge on any atom is 0.309 e. The highest BCUT2D eigenvalue weighted by molar-refractivity contribution is 5.70. The van der Waals surface area contributed by atoms with Gasteiger partial charge in [-0.1, -0.05) is 38.2 Å². The van der Waals surface area contributed by atoms with Gasteiger partial charge in [0.2, 0.25) is 0 Å². The fourth-order valence-corrected chi connectivity index (χ4v) is 4.34. The molecule has 9 atom stereocenters. The lowest BCUT2D eigenvalue weighted by Gasteiger charge is -2.32. The van der Waals surface area contributed by atoms with Crippen LogP contribution in [0, 0.1) is 11.8 Å². The average molecular weight is 495 g/mol. The molecule has 0 bridgehead atoms. The van der Waals surface area contributed by atoms with Crippen molar-refractivity contribution in [2.45, 2.75) is 109 Å². The van der Waals surface area contributed by atoms with Gasteiger partial charge in [0.15, 0.2) is 0 Å². The number of carbonyl (C=O) groups is 2. The summed E-state index contributed by atoms with van der Waals surface area (Å²) in [7, 11) is 0. The van der Waals surface area contributed by atoms with Crippen LogP contribution in [0.1, 0.15) is 67.2 Å². The SMILES string of the molecule is CC(=O)OC1/C=C\C(C)C(/C(C)=C/C=C/C(C)CC2OC2C(C)O)OC(=O)CC(O)CCC1(C)O. The molecule has 9 unspecified atom stereocenters. The quantitative estimate of drug-likeness (QED) is 0.213. The van der Waals surface area contributed by atoms with Gasteiger partial charge in [-0.25, -0.2) is 0 Å². The minimum absolute atomic E-state index is 0.0750. The standard InChI is InChI=1S/C27H42O8/c1-16(14-22-26(34-22)19(4)28)8-7-9-17(2)25-18(3)10-11-23(33-20(5)29)27(6,32)13-12-21(30)15-24(31)35-25/h7-11,16,18-19,21-23,25-26,28,30,32H,12-15H2,1-6H3/b8-7+,11-10-,17-9+. The van der Waals surface area contributed by atoms with E-state index < -0.39 is 42.0 Å². The number of ether oxygens (including phenoxy) is 3. The van der Waals surface area contributed by atoms with E-state index in [1.54, 1.807) is 26.0 Å². The van der Waals surface area contributed by atoms with Crippen molar-refractivity contribution in [3.8, 4) is 0 Å². The van der Waals surface area contributed by atoms with E-state index in [4.69, 9.17) is 14.2 Å². The summed E-state index contributed by atoms with van der Waals surface area (Å²) >= 11 is 0. The second-order valence-electron chi connectivity index (χ2n) is 10.3. The lowest BCUT2D eigenvalue weighted by molar-refractivity contribution is -0.157. The van der Waals surface area contributed by atoms with E-state index in [2.05, 4.69) is 6.92 Å². The van der Waals surface area contributed by atoms with Gasteiger partial charge in [-0.2, -0.15) is 0 Å². The summed E-state index contributed by atoms with van der Waals surface area (Å²) in [5.74, 6) is -1.07. The Morgan fingerprint density at radius 1 is 1.31 bits per heavy atom. The minimum Gasteiger partial charge on any atom is -0.457 e. The van der Waals surface area contributed by atoms with Crippen molar-refractivity contribution in [3.05, 3.63) is 36.0 Å². The van der Waals surface area contributed by atoms with Crippen molar-refractivity contribution < 1.29 is 39.1 Å². The zero-order valence-corrected chi connectivity index (χ0v) is 21.7. The van der Waals surface area contributed by atoms with Crippen LogP contribution >= 0.6 is 0 Å². The first kappa shape index (κ1) is 29.2. The topological polar surface area (TPSA) is 126 Å². The van der Waals surface area contributed by atoms with Crippen LogP contribution in [-0.4, -0.2) is 69.5 Å². The third-order valence-corrected chi connectivity index (χ3v) is 6.57. The lowest BCUT2D eigenvalue weighted by Crippen LogP contribution is -2.42. The van der Waals surface area contributed by atoms with Gasteiger partial charge in [0.05, 0.1) is 24.7 Å². The molecule has 8 heteroatoms. The highest BCUT2D eigenvalue weighted by Gasteiger charge is 2.42. The van der Waals surface area contributed by atoms with E-state index in [1.807, 2.05) is 32.1 Å². The Labute approximate surface area is 208 Å². The Bertz CT molecular complexity index is 812. The Kier molecular flexibility index (Phi) is 10.7. The van der Waals surface area contributed by atoms with E-state index in [1.165, 1.54) is 6.92 Å². The number of esters is 2. The van der Waals surface area contributed by atoms with Crippen LogP contribution in [0.15, 0.2) is 36.0 Å². The Morgan fingerprint density at radius 3 is 2.60 bits per heavy atom. The zero-order chi connectivity index (χ0) is 26.3. The number of aliphatic hydroxyl groups excluding tert-OH is 2. The number of cyclic esters (lactones) is 1. The molecule has 0 spiro atoms. The van der Waals surface area contributed by atoms with Crippen LogP contribution in [-0.2, 0) is 23.8 Å². The van der Waals surface area contributed by atoms with E-state index in [9.17, 15) is 24.9 Å². The predicted octanol–water partition coefficient (Wildman–Crippen LogP) is 2.99. The first-order valence-electron chi connectivity index (χ1n) is 12.4. The monoisotopic (exact) mass is 494 g/mol. The van der Waals surface area contributed by atoms with Crippen molar-refractivity contribution in [2.75, 3.05) is 0 Å². The van der Waals surface area contributed by atoms with Gasteiger partial charge < -0.3 is 29.5 Å². The van der Waals surface area contributed by atoms with Gasteiger partial charge in [-0.15, -0.1) is 0 Å². The molecule has 1 fully saturated rings. The number of aliphatic hydroxyl groups is 3. The second kappa shape index (κ2) is 12.8. The molecular formula is C27H42O8. The molecule has 198 valence electrons. The normalized spacial score (nSPS) is 37.5. The van der Waals surface area contributed by atoms with Crippen molar-refractivity contribution in [1.29, 1.82) is 0 Å². The van der Waals surface area contributed by atoms with E-state index in [0.717, 1.165) is 12.0 Å². The molecule has 0 radical (unpaired) electrons. The van der Waals surface area contributed by atoms with Gasteiger partial charge >= 0.3 is 11.9 Å². The highest BCUT2D eigenvalue weighted by Crippen LogP contribution is 2.31. The molecule has 2 aliphatic rings. The number of carbonyl (C=O) groups excluding carboxylic acids is 2. The minimum atomic E-state index is -1.40. The summed E-state index contributed by atoms with van der Waals surface area (Å²) in [5, 5.41) is 30.8. The fraction of sp³-hybridized carbons (Fsp3) is 0.704. The van der Waals surface area contributed by atoms with Gasteiger partial charge in [-0.3, -0.25) is 9.59 Å². The third-order valence-electron chi connectivity index (χ3n) is 6.57. The largest absolute Gasteiger partial charge is 0.457 e. The fourth-order valence-electron chi connectivity index (χ4n) is 4.34. The third kappa shape index (κ3) is 9.52. The van der Waals surface area contributed by atoms with Crippen molar-refractivity contribution in [1.82, 2.24) is 0 Å². The van der Waals surface area contributed by atoms with Crippen LogP contribution < -0.4 is 0 Å². The summed E-state index contributed by atoms with van der Waals surface area (Å²) in [4.78, 5) is 24.1. The number of epoxide rings is 1. The summed E-state index contributed by atoms with van der Waals surface area (Å²) < 4.78 is 16.6. The average Bonchev–Trinajstić information content (AvgIpc) is 3.51. The van der Waals surface area contributed by atoms with Gasteiger partial charge in [0, 0.05) is 12.8 Å². The van der Waals surface area contributed by atoms with Gasteiger partial charge in [-0.05, 0) is 57.6 Å². The second-order valence-corrected chi connectivity index (χ2v) is 10.3. The molecule has 0 aromatic heterocycles. The maximum absolute atomic E-state index is 12.5. The van der Waals surface area contributed by atoms with Crippen molar-refractivity contribution >= 4 is 11.9 Å². The molecule has 2 aliphatic heterocycles. The number of allylic oxidation sites excluding steroid dienone is 3. The number of rotatable bonds is 7. The Balaban J connectivity index is 2.17. The molecular weight excluding hydrogens is 452 g/mol. The maximum atomic E-state index is 12.5. The first-order chi connectivity index (χ1) is 16.3. The molecule has 0 aromatic carbocycles. The summed E-state index contributed by atoms with van der Waals surface area (Å²) in [5.41, 5.74) is -0.589. The molecule has 0 saturated carbocycles. The molecule has 35 heavy (non-hydrogen) atoms. The lowest BCUT2D eigenvalue weighted by atomic mass is 9.88. The molecule has 0 aliphatic carbocycles. The molecule has 2 rings (SSSR count). The molecule has 0 aromatic rings. The molecule has 2 heterocycles. The van der Waals surface area contributed by atoms with Gasteiger partial charge in [0.25, 0.3) is 0 Å². The highest BCUT2D eigenvalue weighted by atomic mass is 16.6. The van der Waals surface area contributed by atoms with Crippen LogP contribution in [0.5, 0.6) is 0 Å². The molecule has 0 amide bonds. The zero-order valence-electron chi connectivity index (χ0n) is 21.7. The van der Waals surface area contributed by atoms with Crippen LogP contribution in [0.25, 0.3) is 0 Å². The smallest absolute Gasteiger partial charge is 0.309 e.